The fraction of sp³-hybridized carbons (Fsp3) is 0.857. The lowest BCUT2D eigenvalue weighted by molar-refractivity contribution is -0.143. The number of carbonyl (C=O) groups is 2. The SMILES string of the molecule is COC(=O)C(CC1CCCC1)NC(=O)OC(C)(C)C. The van der Waals surface area contributed by atoms with E-state index in [0.29, 0.717) is 12.3 Å². The molecule has 1 unspecified atom stereocenters. The number of carbonyl (C=O) groups excluding carboxylic acids is 2. The van der Waals surface area contributed by atoms with E-state index in [-0.39, 0.29) is 0 Å². The van der Waals surface area contributed by atoms with Crippen molar-refractivity contribution >= 4 is 12.1 Å². The lowest BCUT2D eigenvalue weighted by atomic mass is 9.98. The first-order chi connectivity index (χ1) is 8.81. The van der Waals surface area contributed by atoms with Gasteiger partial charge in [0.05, 0.1) is 7.11 Å². The zero-order valence-electron chi connectivity index (χ0n) is 12.3. The summed E-state index contributed by atoms with van der Waals surface area (Å²) in [6, 6.07) is -0.608. The molecular weight excluding hydrogens is 246 g/mol. The zero-order valence-corrected chi connectivity index (χ0v) is 12.3. The third-order valence-corrected chi connectivity index (χ3v) is 3.22. The molecule has 0 aromatic rings. The van der Waals surface area contributed by atoms with Gasteiger partial charge in [0.15, 0.2) is 0 Å². The van der Waals surface area contributed by atoms with Gasteiger partial charge in [-0.2, -0.15) is 0 Å². The Kier molecular flexibility index (Phi) is 5.63. The van der Waals surface area contributed by atoms with Crippen molar-refractivity contribution in [3.63, 3.8) is 0 Å². The molecule has 0 spiro atoms. The molecule has 1 fully saturated rings. The van der Waals surface area contributed by atoms with E-state index in [9.17, 15) is 9.59 Å². The van der Waals surface area contributed by atoms with Crippen LogP contribution in [0.25, 0.3) is 0 Å². The van der Waals surface area contributed by atoms with Crippen LogP contribution in [-0.2, 0) is 14.3 Å². The average Bonchev–Trinajstić information content (AvgIpc) is 2.77. The Balaban J connectivity index is 2.53. The molecule has 0 radical (unpaired) electrons. The summed E-state index contributed by atoms with van der Waals surface area (Å²) in [5.74, 6) is 0.0804. The van der Waals surface area contributed by atoms with Crippen molar-refractivity contribution in [2.75, 3.05) is 7.11 Å². The Morgan fingerprint density at radius 2 is 1.84 bits per heavy atom. The van der Waals surface area contributed by atoms with E-state index in [1.54, 1.807) is 20.8 Å². The van der Waals surface area contributed by atoms with Crippen molar-refractivity contribution in [3.8, 4) is 0 Å². The maximum absolute atomic E-state index is 11.7. The second-order valence-corrected chi connectivity index (χ2v) is 6.11. The molecule has 110 valence electrons. The third kappa shape index (κ3) is 5.94. The van der Waals surface area contributed by atoms with Crippen molar-refractivity contribution in [2.45, 2.75) is 64.5 Å². The van der Waals surface area contributed by atoms with Crippen LogP contribution in [0.2, 0.25) is 0 Å². The van der Waals surface area contributed by atoms with Crippen LogP contribution in [-0.4, -0.2) is 30.8 Å². The van der Waals surface area contributed by atoms with E-state index >= 15 is 0 Å². The van der Waals surface area contributed by atoms with Crippen LogP contribution in [0.1, 0.15) is 52.9 Å². The first-order valence-corrected chi connectivity index (χ1v) is 6.89. The van der Waals surface area contributed by atoms with Crippen LogP contribution in [0.5, 0.6) is 0 Å². The number of methoxy groups -OCH3 is 1. The van der Waals surface area contributed by atoms with E-state index in [0.717, 1.165) is 12.8 Å². The summed E-state index contributed by atoms with van der Waals surface area (Å²) >= 11 is 0. The molecule has 1 N–H and O–H groups in total. The summed E-state index contributed by atoms with van der Waals surface area (Å²) in [5, 5.41) is 2.62. The molecule has 0 saturated heterocycles. The molecule has 0 bridgehead atoms. The second-order valence-electron chi connectivity index (χ2n) is 6.11. The Hall–Kier alpha value is -1.26. The van der Waals surface area contributed by atoms with Crippen molar-refractivity contribution in [3.05, 3.63) is 0 Å². The van der Waals surface area contributed by atoms with Gasteiger partial charge in [-0.05, 0) is 33.1 Å². The number of esters is 1. The normalized spacial score (nSPS) is 17.9. The fourth-order valence-electron chi connectivity index (χ4n) is 2.39. The van der Waals surface area contributed by atoms with Gasteiger partial charge in [-0.15, -0.1) is 0 Å². The van der Waals surface area contributed by atoms with E-state index < -0.39 is 23.7 Å². The molecule has 0 aromatic heterocycles. The third-order valence-electron chi connectivity index (χ3n) is 3.22. The van der Waals surface area contributed by atoms with Gasteiger partial charge >= 0.3 is 12.1 Å². The monoisotopic (exact) mass is 271 g/mol. The van der Waals surface area contributed by atoms with Crippen LogP contribution < -0.4 is 5.32 Å². The quantitative estimate of drug-likeness (QED) is 0.798. The van der Waals surface area contributed by atoms with E-state index in [2.05, 4.69) is 5.32 Å². The largest absolute Gasteiger partial charge is 0.467 e. The number of hydrogen-bond donors (Lipinski definition) is 1. The van der Waals surface area contributed by atoms with Gasteiger partial charge in [-0.25, -0.2) is 9.59 Å². The van der Waals surface area contributed by atoms with E-state index in [1.165, 1.54) is 20.0 Å². The highest BCUT2D eigenvalue weighted by atomic mass is 16.6. The number of ether oxygens (including phenoxy) is 2. The van der Waals surface area contributed by atoms with Gasteiger partial charge in [0.25, 0.3) is 0 Å². The minimum atomic E-state index is -0.608. The number of hydrogen-bond acceptors (Lipinski definition) is 4. The second kappa shape index (κ2) is 6.78. The van der Waals surface area contributed by atoms with E-state index in [1.807, 2.05) is 0 Å². The smallest absolute Gasteiger partial charge is 0.408 e. The number of alkyl carbamates (subject to hydrolysis) is 1. The highest BCUT2D eigenvalue weighted by Gasteiger charge is 2.28. The van der Waals surface area contributed by atoms with Crippen LogP contribution in [0.4, 0.5) is 4.79 Å². The first-order valence-electron chi connectivity index (χ1n) is 6.89. The van der Waals surface area contributed by atoms with Gasteiger partial charge in [-0.3, -0.25) is 0 Å². The van der Waals surface area contributed by atoms with Gasteiger partial charge in [-0.1, -0.05) is 25.7 Å². The summed E-state index contributed by atoms with van der Waals surface area (Å²) in [4.78, 5) is 23.4. The summed E-state index contributed by atoms with van der Waals surface area (Å²) in [7, 11) is 1.33. The highest BCUT2D eigenvalue weighted by molar-refractivity contribution is 5.81. The van der Waals surface area contributed by atoms with Crippen LogP contribution in [0.3, 0.4) is 0 Å². The highest BCUT2D eigenvalue weighted by Crippen LogP contribution is 2.28. The molecule has 0 heterocycles. The first kappa shape index (κ1) is 15.8. The lowest BCUT2D eigenvalue weighted by Gasteiger charge is -2.23. The van der Waals surface area contributed by atoms with Gasteiger partial charge in [0.1, 0.15) is 11.6 Å². The van der Waals surface area contributed by atoms with Crippen molar-refractivity contribution < 1.29 is 19.1 Å². The summed E-state index contributed by atoms with van der Waals surface area (Å²) < 4.78 is 9.91. The van der Waals surface area contributed by atoms with Crippen molar-refractivity contribution in [1.29, 1.82) is 0 Å². The minimum absolute atomic E-state index is 0.405. The Bertz CT molecular complexity index is 316. The Morgan fingerprint density at radius 1 is 1.26 bits per heavy atom. The zero-order chi connectivity index (χ0) is 14.5. The molecule has 19 heavy (non-hydrogen) atoms. The maximum atomic E-state index is 11.7. The summed E-state index contributed by atoms with van der Waals surface area (Å²) in [6.07, 6.45) is 4.69. The number of amides is 1. The molecule has 1 amide bonds. The average molecular weight is 271 g/mol. The summed E-state index contributed by atoms with van der Waals surface area (Å²) in [6.45, 7) is 5.37. The molecule has 1 aliphatic rings. The van der Waals surface area contributed by atoms with Gasteiger partial charge in [0, 0.05) is 0 Å². The molecule has 1 saturated carbocycles. The standard InChI is InChI=1S/C14H25NO4/c1-14(2,3)19-13(17)15-11(12(16)18-4)9-10-7-5-6-8-10/h10-11H,5-9H2,1-4H3,(H,15,17). The van der Waals surface area contributed by atoms with Crippen LogP contribution >= 0.6 is 0 Å². The maximum Gasteiger partial charge on any atom is 0.408 e. The van der Waals surface area contributed by atoms with Crippen LogP contribution in [0, 0.1) is 5.92 Å². The minimum Gasteiger partial charge on any atom is -0.467 e. The predicted octanol–water partition coefficient (Wildman–Crippen LogP) is 2.63. The molecule has 1 rings (SSSR count). The number of rotatable bonds is 4. The Labute approximate surface area is 115 Å². The molecule has 0 aliphatic heterocycles. The Morgan fingerprint density at radius 3 is 2.32 bits per heavy atom. The molecule has 5 nitrogen and oxygen atoms in total. The predicted molar refractivity (Wildman–Crippen MR) is 71.7 cm³/mol. The fourth-order valence-corrected chi connectivity index (χ4v) is 2.39. The van der Waals surface area contributed by atoms with Gasteiger partial charge in [0.2, 0.25) is 0 Å². The summed E-state index contributed by atoms with van der Waals surface area (Å²) in [5.41, 5.74) is -0.571. The van der Waals surface area contributed by atoms with Crippen molar-refractivity contribution in [1.82, 2.24) is 5.32 Å². The van der Waals surface area contributed by atoms with Crippen molar-refractivity contribution in [2.24, 2.45) is 5.92 Å². The van der Waals surface area contributed by atoms with Gasteiger partial charge < -0.3 is 14.8 Å². The molecular formula is C14H25NO4. The molecule has 5 heteroatoms. The number of nitrogens with one attached hydrogen (secondary N) is 1. The van der Waals surface area contributed by atoms with Crippen LogP contribution in [0.15, 0.2) is 0 Å². The van der Waals surface area contributed by atoms with E-state index in [4.69, 9.17) is 9.47 Å². The molecule has 0 aromatic carbocycles. The molecule has 1 atom stereocenters. The molecule has 1 aliphatic carbocycles. The topological polar surface area (TPSA) is 64.6 Å². The lowest BCUT2D eigenvalue weighted by Crippen LogP contribution is -2.44.